The van der Waals surface area contributed by atoms with Crippen molar-refractivity contribution in [3.05, 3.63) is 46.6 Å². The van der Waals surface area contributed by atoms with E-state index in [2.05, 4.69) is 5.32 Å². The van der Waals surface area contributed by atoms with Gasteiger partial charge in [-0.1, -0.05) is 12.1 Å². The lowest BCUT2D eigenvalue weighted by molar-refractivity contribution is -0.144. The number of benzene rings is 1. The number of carboxylic acids is 1. The van der Waals surface area contributed by atoms with Crippen LogP contribution >= 0.6 is 23.1 Å². The Morgan fingerprint density at radius 1 is 1.20 bits per heavy atom. The molecule has 3 rings (SSSR count). The number of hydrogen-bond acceptors (Lipinski definition) is 4. The molecule has 1 aliphatic rings. The first kappa shape index (κ1) is 17.9. The molecule has 4 nitrogen and oxygen atoms in total. The molecular weight excluding hydrogens is 361 g/mol. The highest BCUT2D eigenvalue weighted by Gasteiger charge is 2.41. The minimum atomic E-state index is -1.18. The van der Waals surface area contributed by atoms with Gasteiger partial charge >= 0.3 is 5.97 Å². The fourth-order valence-electron chi connectivity index (χ4n) is 2.87. The van der Waals surface area contributed by atoms with Crippen molar-refractivity contribution in [1.82, 2.24) is 5.32 Å². The minimum absolute atomic E-state index is 0.311. The molecule has 1 aliphatic heterocycles. The molecule has 7 heteroatoms. The first-order valence-corrected chi connectivity index (χ1v) is 9.88. The Morgan fingerprint density at radius 2 is 1.84 bits per heavy atom. The summed E-state index contributed by atoms with van der Waals surface area (Å²) in [7, 11) is 0. The van der Waals surface area contributed by atoms with Crippen molar-refractivity contribution in [1.29, 1.82) is 0 Å². The standard InChI is InChI=1S/C18H18FNO3S2/c1-11-10-14(25-15(11)12-2-4-13(19)5-3-12)16(21)20-18(17(22)23)6-8-24-9-7-18/h2-5,10H,6-9H2,1H3,(H,20,21)(H,22,23). The van der Waals surface area contributed by atoms with Gasteiger partial charge in [0.05, 0.1) is 4.88 Å². The third-order valence-corrected chi connectivity index (χ3v) is 6.63. The zero-order chi connectivity index (χ0) is 18.0. The number of carboxylic acid groups (broad SMARTS) is 1. The highest BCUT2D eigenvalue weighted by molar-refractivity contribution is 7.99. The Kier molecular flexibility index (Phi) is 5.15. The van der Waals surface area contributed by atoms with E-state index >= 15 is 0 Å². The largest absolute Gasteiger partial charge is 0.480 e. The molecule has 132 valence electrons. The van der Waals surface area contributed by atoms with Crippen molar-refractivity contribution in [3.63, 3.8) is 0 Å². The molecule has 2 heterocycles. The van der Waals surface area contributed by atoms with E-state index in [9.17, 15) is 19.1 Å². The molecule has 1 aromatic carbocycles. The second kappa shape index (κ2) is 7.17. The average Bonchev–Trinajstić information content (AvgIpc) is 2.98. The van der Waals surface area contributed by atoms with E-state index in [-0.39, 0.29) is 11.7 Å². The van der Waals surface area contributed by atoms with Gasteiger partial charge in [-0.2, -0.15) is 11.8 Å². The highest BCUT2D eigenvalue weighted by atomic mass is 32.2. The summed E-state index contributed by atoms with van der Waals surface area (Å²) in [5, 5.41) is 12.3. The van der Waals surface area contributed by atoms with E-state index in [1.807, 2.05) is 6.92 Å². The number of aliphatic carboxylic acids is 1. The van der Waals surface area contributed by atoms with E-state index in [0.717, 1.165) is 27.5 Å². The summed E-state index contributed by atoms with van der Waals surface area (Å²) in [6.45, 7) is 1.89. The number of rotatable bonds is 4. The Morgan fingerprint density at radius 3 is 2.44 bits per heavy atom. The zero-order valence-electron chi connectivity index (χ0n) is 13.7. The van der Waals surface area contributed by atoms with Gasteiger partial charge < -0.3 is 10.4 Å². The number of carbonyl (C=O) groups is 2. The maximum Gasteiger partial charge on any atom is 0.329 e. The Hall–Kier alpha value is -1.86. The van der Waals surface area contributed by atoms with Crippen LogP contribution in [0.15, 0.2) is 30.3 Å². The van der Waals surface area contributed by atoms with Gasteiger partial charge in [0.1, 0.15) is 11.4 Å². The molecule has 2 N–H and O–H groups in total. The van der Waals surface area contributed by atoms with Gasteiger partial charge in [-0.25, -0.2) is 9.18 Å². The van der Waals surface area contributed by atoms with Gasteiger partial charge in [0.25, 0.3) is 5.91 Å². The van der Waals surface area contributed by atoms with Gasteiger partial charge in [0.2, 0.25) is 0 Å². The molecule has 0 unspecified atom stereocenters. The fraction of sp³-hybridized carbons (Fsp3) is 0.333. The number of thiophene rings is 1. The lowest BCUT2D eigenvalue weighted by Crippen LogP contribution is -2.56. The molecule has 0 bridgehead atoms. The molecule has 0 aliphatic carbocycles. The van der Waals surface area contributed by atoms with E-state index in [1.165, 1.54) is 23.5 Å². The number of aryl methyl sites for hydroxylation is 1. The zero-order valence-corrected chi connectivity index (χ0v) is 15.3. The summed E-state index contributed by atoms with van der Waals surface area (Å²) in [5.74, 6) is -0.216. The normalized spacial score (nSPS) is 16.4. The summed E-state index contributed by atoms with van der Waals surface area (Å²) >= 11 is 2.99. The SMILES string of the molecule is Cc1cc(C(=O)NC2(C(=O)O)CCSCC2)sc1-c1ccc(F)cc1. The monoisotopic (exact) mass is 379 g/mol. The molecule has 2 aromatic rings. The van der Waals surface area contributed by atoms with Gasteiger partial charge in [-0.3, -0.25) is 4.79 Å². The number of thioether (sulfide) groups is 1. The Balaban J connectivity index is 1.84. The quantitative estimate of drug-likeness (QED) is 0.844. The van der Waals surface area contributed by atoms with Crippen LogP contribution in [0.3, 0.4) is 0 Å². The van der Waals surface area contributed by atoms with Crippen molar-refractivity contribution in [2.45, 2.75) is 25.3 Å². The summed E-state index contributed by atoms with van der Waals surface area (Å²) in [5.41, 5.74) is 0.561. The molecule has 1 fully saturated rings. The summed E-state index contributed by atoms with van der Waals surface area (Å²) in [6, 6.07) is 7.87. The Labute approximate surface area is 153 Å². The molecule has 0 spiro atoms. The lowest BCUT2D eigenvalue weighted by Gasteiger charge is -2.33. The maximum absolute atomic E-state index is 13.1. The first-order valence-electron chi connectivity index (χ1n) is 7.91. The highest BCUT2D eigenvalue weighted by Crippen LogP contribution is 2.34. The van der Waals surface area contributed by atoms with Crippen LogP contribution in [0.1, 0.15) is 28.1 Å². The summed E-state index contributed by atoms with van der Waals surface area (Å²) < 4.78 is 13.1. The van der Waals surface area contributed by atoms with Crippen molar-refractivity contribution in [2.24, 2.45) is 0 Å². The summed E-state index contributed by atoms with van der Waals surface area (Å²) in [4.78, 5) is 25.7. The van der Waals surface area contributed by atoms with Crippen molar-refractivity contribution in [2.75, 3.05) is 11.5 Å². The third-order valence-electron chi connectivity index (χ3n) is 4.36. The first-order chi connectivity index (χ1) is 11.9. The van der Waals surface area contributed by atoms with Gasteiger partial charge in [-0.05, 0) is 60.6 Å². The predicted molar refractivity (Wildman–Crippen MR) is 98.8 cm³/mol. The topological polar surface area (TPSA) is 66.4 Å². The van der Waals surface area contributed by atoms with E-state index < -0.39 is 11.5 Å². The molecule has 0 saturated carbocycles. The predicted octanol–water partition coefficient (Wildman–Crippen LogP) is 3.94. The van der Waals surface area contributed by atoms with Crippen LogP contribution < -0.4 is 5.32 Å². The number of amides is 1. The van der Waals surface area contributed by atoms with Crippen LogP contribution in [0.25, 0.3) is 10.4 Å². The molecule has 0 atom stereocenters. The molecular formula is C18H18FNO3S2. The number of halogens is 1. The van der Waals surface area contributed by atoms with Crippen molar-refractivity contribution >= 4 is 35.0 Å². The van der Waals surface area contributed by atoms with Gasteiger partial charge in [0.15, 0.2) is 0 Å². The number of hydrogen-bond donors (Lipinski definition) is 2. The van der Waals surface area contributed by atoms with Crippen LogP contribution in [-0.4, -0.2) is 34.0 Å². The molecule has 0 radical (unpaired) electrons. The average molecular weight is 379 g/mol. The molecule has 1 amide bonds. The summed E-state index contributed by atoms with van der Waals surface area (Å²) in [6.07, 6.45) is 0.849. The van der Waals surface area contributed by atoms with Crippen LogP contribution in [0.4, 0.5) is 4.39 Å². The number of carbonyl (C=O) groups excluding carboxylic acids is 1. The molecule has 1 aromatic heterocycles. The van der Waals surface area contributed by atoms with Crippen molar-refractivity contribution in [3.8, 4) is 10.4 Å². The maximum atomic E-state index is 13.1. The van der Waals surface area contributed by atoms with Gasteiger partial charge in [-0.15, -0.1) is 11.3 Å². The van der Waals surface area contributed by atoms with Gasteiger partial charge in [0, 0.05) is 4.88 Å². The van der Waals surface area contributed by atoms with E-state index in [4.69, 9.17) is 0 Å². The minimum Gasteiger partial charge on any atom is -0.480 e. The van der Waals surface area contributed by atoms with Crippen molar-refractivity contribution < 1.29 is 19.1 Å². The van der Waals surface area contributed by atoms with Crippen LogP contribution in [0, 0.1) is 12.7 Å². The molecule has 1 saturated heterocycles. The lowest BCUT2D eigenvalue weighted by atomic mass is 9.92. The fourth-order valence-corrected chi connectivity index (χ4v) is 5.14. The number of nitrogens with one attached hydrogen (secondary N) is 1. The second-order valence-corrected chi connectivity index (χ2v) is 8.36. The second-order valence-electron chi connectivity index (χ2n) is 6.08. The van der Waals surface area contributed by atoms with E-state index in [0.29, 0.717) is 17.7 Å². The van der Waals surface area contributed by atoms with Crippen LogP contribution in [-0.2, 0) is 4.79 Å². The van der Waals surface area contributed by atoms with Crippen LogP contribution in [0.2, 0.25) is 0 Å². The Bertz CT molecular complexity index is 795. The molecule has 25 heavy (non-hydrogen) atoms. The third kappa shape index (κ3) is 3.72. The smallest absolute Gasteiger partial charge is 0.329 e. The van der Waals surface area contributed by atoms with E-state index in [1.54, 1.807) is 30.0 Å². The van der Waals surface area contributed by atoms with Crippen LogP contribution in [0.5, 0.6) is 0 Å².